The van der Waals surface area contributed by atoms with E-state index >= 15 is 0 Å². The van der Waals surface area contributed by atoms with Crippen LogP contribution in [0.4, 0.5) is 0 Å². The van der Waals surface area contributed by atoms with E-state index in [1.807, 2.05) is 0 Å². The lowest BCUT2D eigenvalue weighted by atomic mass is 10.0. The summed E-state index contributed by atoms with van der Waals surface area (Å²) in [5.74, 6) is 1.64. The fourth-order valence-corrected chi connectivity index (χ4v) is 9.53. The molecule has 0 aliphatic rings. The van der Waals surface area contributed by atoms with Gasteiger partial charge in [0.2, 0.25) is 0 Å². The molecular weight excluding hydrogens is 772 g/mol. The summed E-state index contributed by atoms with van der Waals surface area (Å²) in [6.45, 7) is 5.90. The van der Waals surface area contributed by atoms with Gasteiger partial charge in [0.1, 0.15) is 11.0 Å². The molecule has 9 heteroatoms. The van der Waals surface area contributed by atoms with Crippen LogP contribution in [0.5, 0.6) is 11.5 Å². The lowest BCUT2D eigenvalue weighted by molar-refractivity contribution is 0.260. The Kier molecular flexibility index (Phi) is 18.7. The molecule has 47 heavy (non-hydrogen) atoms. The first kappa shape index (κ1) is 38.8. The van der Waals surface area contributed by atoms with Crippen LogP contribution in [0, 0.1) is 0 Å². The highest BCUT2D eigenvalue weighted by molar-refractivity contribution is 9.11. The SMILES string of the molecule is CCCCCCCCCCCCOc1c(OCCCCCCCCCCCC)c(-c2ccc(Br)s2)c2nsnc2c1-c1ccc(Br)s1. The third-order valence-corrected chi connectivity index (χ3v) is 12.6. The monoisotopic (exact) mass is 824 g/mol. The van der Waals surface area contributed by atoms with Crippen molar-refractivity contribution in [2.45, 2.75) is 142 Å². The molecule has 0 bridgehead atoms. The van der Waals surface area contributed by atoms with Crippen LogP contribution in [-0.2, 0) is 0 Å². The number of rotatable bonds is 26. The van der Waals surface area contributed by atoms with E-state index in [9.17, 15) is 0 Å². The molecule has 0 N–H and O–H groups in total. The summed E-state index contributed by atoms with van der Waals surface area (Å²) in [4.78, 5) is 2.24. The van der Waals surface area contributed by atoms with Gasteiger partial charge >= 0.3 is 0 Å². The van der Waals surface area contributed by atoms with Gasteiger partial charge in [0, 0.05) is 9.75 Å². The molecule has 0 saturated carbocycles. The Morgan fingerprint density at radius 1 is 0.489 bits per heavy atom. The van der Waals surface area contributed by atoms with Gasteiger partial charge in [0.15, 0.2) is 11.5 Å². The lowest BCUT2D eigenvalue weighted by Crippen LogP contribution is -2.06. The Balaban J connectivity index is 1.47. The van der Waals surface area contributed by atoms with Crippen LogP contribution in [0.15, 0.2) is 31.8 Å². The van der Waals surface area contributed by atoms with Crippen molar-refractivity contribution in [3.63, 3.8) is 0 Å². The van der Waals surface area contributed by atoms with E-state index in [-0.39, 0.29) is 0 Å². The highest BCUT2D eigenvalue weighted by atomic mass is 79.9. The molecule has 1 aromatic carbocycles. The zero-order valence-corrected chi connectivity index (χ0v) is 34.2. The Morgan fingerprint density at radius 2 is 0.830 bits per heavy atom. The minimum Gasteiger partial charge on any atom is -0.489 e. The van der Waals surface area contributed by atoms with E-state index in [1.165, 1.54) is 127 Å². The number of thiophene rings is 2. The second kappa shape index (κ2) is 22.7. The first-order chi connectivity index (χ1) is 23.1. The Morgan fingerprint density at radius 3 is 1.15 bits per heavy atom. The molecule has 0 fully saturated rings. The first-order valence-electron chi connectivity index (χ1n) is 18.2. The van der Waals surface area contributed by atoms with Gasteiger partial charge in [-0.25, -0.2) is 0 Å². The van der Waals surface area contributed by atoms with Gasteiger partial charge in [0.05, 0.1) is 43.6 Å². The second-order valence-electron chi connectivity index (χ2n) is 12.6. The number of aromatic nitrogens is 2. The second-order valence-corrected chi connectivity index (χ2v) is 18.1. The van der Waals surface area contributed by atoms with Crippen LogP contribution in [0.1, 0.15) is 142 Å². The molecule has 0 radical (unpaired) electrons. The molecular formula is C38H54Br2N2O2S3. The normalized spacial score (nSPS) is 11.6. The van der Waals surface area contributed by atoms with Gasteiger partial charge in [-0.05, 0) is 69.0 Å². The average Bonchev–Trinajstić information content (AvgIpc) is 3.83. The van der Waals surface area contributed by atoms with Crippen molar-refractivity contribution in [2.75, 3.05) is 13.2 Å². The summed E-state index contributed by atoms with van der Waals surface area (Å²) in [6.07, 6.45) is 26.0. The number of benzene rings is 1. The topological polar surface area (TPSA) is 44.2 Å². The van der Waals surface area contributed by atoms with Crippen molar-refractivity contribution in [2.24, 2.45) is 0 Å². The molecule has 0 saturated heterocycles. The van der Waals surface area contributed by atoms with Crippen LogP contribution in [-0.4, -0.2) is 22.0 Å². The van der Waals surface area contributed by atoms with E-state index in [1.54, 1.807) is 22.7 Å². The van der Waals surface area contributed by atoms with Crippen molar-refractivity contribution < 1.29 is 9.47 Å². The average molecular weight is 827 g/mol. The van der Waals surface area contributed by atoms with E-state index in [2.05, 4.69) is 70.0 Å². The summed E-state index contributed by atoms with van der Waals surface area (Å²) in [5.41, 5.74) is 3.81. The summed E-state index contributed by atoms with van der Waals surface area (Å²) >= 11 is 12.1. The molecule has 0 unspecified atom stereocenters. The van der Waals surface area contributed by atoms with Gasteiger partial charge in [-0.2, -0.15) is 8.75 Å². The molecule has 3 heterocycles. The van der Waals surface area contributed by atoms with Crippen molar-refractivity contribution >= 4 is 77.3 Å². The number of nitrogens with zero attached hydrogens (tertiary/aromatic N) is 2. The predicted molar refractivity (Wildman–Crippen MR) is 214 cm³/mol. The van der Waals surface area contributed by atoms with Gasteiger partial charge in [-0.15, -0.1) is 22.7 Å². The molecule has 0 aliphatic heterocycles. The highest BCUT2D eigenvalue weighted by Gasteiger charge is 2.28. The molecule has 0 atom stereocenters. The largest absolute Gasteiger partial charge is 0.489 e. The summed E-state index contributed by atoms with van der Waals surface area (Å²) in [7, 11) is 0. The van der Waals surface area contributed by atoms with Gasteiger partial charge in [-0.1, -0.05) is 129 Å². The zero-order valence-electron chi connectivity index (χ0n) is 28.6. The van der Waals surface area contributed by atoms with Gasteiger partial charge in [0.25, 0.3) is 0 Å². The van der Waals surface area contributed by atoms with Gasteiger partial charge < -0.3 is 9.47 Å². The van der Waals surface area contributed by atoms with Crippen molar-refractivity contribution in [1.82, 2.24) is 8.75 Å². The molecule has 0 amide bonds. The van der Waals surface area contributed by atoms with Crippen LogP contribution < -0.4 is 9.47 Å². The number of ether oxygens (including phenoxy) is 2. The van der Waals surface area contributed by atoms with Crippen LogP contribution >= 0.6 is 66.3 Å². The maximum Gasteiger partial charge on any atom is 0.172 e. The minimum absolute atomic E-state index is 0.668. The van der Waals surface area contributed by atoms with E-state index < -0.39 is 0 Å². The Bertz CT molecular complexity index is 1330. The minimum atomic E-state index is 0.668. The molecule has 4 rings (SSSR count). The highest BCUT2D eigenvalue weighted by Crippen LogP contribution is 2.53. The Hall–Kier alpha value is -1.000. The third-order valence-electron chi connectivity index (χ3n) is 8.75. The number of hydrogen-bond donors (Lipinski definition) is 0. The molecule has 4 aromatic rings. The predicted octanol–water partition coefficient (Wildman–Crippen LogP) is 15.3. The fourth-order valence-electron chi connectivity index (χ4n) is 6.12. The van der Waals surface area contributed by atoms with Crippen molar-refractivity contribution in [1.29, 1.82) is 0 Å². The zero-order chi connectivity index (χ0) is 33.1. The first-order valence-corrected chi connectivity index (χ1v) is 22.2. The molecule has 3 aromatic heterocycles. The number of fused-ring (bicyclic) bond motifs is 1. The fraction of sp³-hybridized carbons (Fsp3) is 0.632. The van der Waals surface area contributed by atoms with Crippen molar-refractivity contribution in [3.05, 3.63) is 31.8 Å². The summed E-state index contributed by atoms with van der Waals surface area (Å²) < 4.78 is 25.5. The summed E-state index contributed by atoms with van der Waals surface area (Å²) in [6, 6.07) is 8.52. The van der Waals surface area contributed by atoms with E-state index in [4.69, 9.17) is 18.2 Å². The van der Waals surface area contributed by atoms with Gasteiger partial charge in [-0.3, -0.25) is 0 Å². The number of unbranched alkanes of at least 4 members (excludes halogenated alkanes) is 18. The number of hydrogen-bond acceptors (Lipinski definition) is 7. The van der Waals surface area contributed by atoms with Crippen LogP contribution in [0.25, 0.3) is 31.9 Å². The van der Waals surface area contributed by atoms with E-state index in [0.29, 0.717) is 13.2 Å². The molecule has 0 spiro atoms. The lowest BCUT2D eigenvalue weighted by Gasteiger charge is -2.20. The third kappa shape index (κ3) is 12.7. The van der Waals surface area contributed by atoms with Crippen molar-refractivity contribution in [3.8, 4) is 32.4 Å². The maximum absolute atomic E-state index is 6.80. The molecule has 0 aliphatic carbocycles. The molecule has 260 valence electrons. The standard InChI is InChI=1S/C38H54Br2N2O2S3/c1-3-5-7-9-11-13-15-17-19-21-27-43-37-33(29-23-25-31(39)45-29)35-36(42-47-41-35)34(30-24-26-32(40)46-30)38(37)44-28-22-20-18-16-14-12-10-8-6-4-2/h23-26H,3-22,27-28H2,1-2H3. The molecule has 4 nitrogen and oxygen atoms in total. The van der Waals surface area contributed by atoms with Crippen LogP contribution in [0.3, 0.4) is 0 Å². The van der Waals surface area contributed by atoms with Crippen LogP contribution in [0.2, 0.25) is 0 Å². The summed E-state index contributed by atoms with van der Waals surface area (Å²) in [5, 5.41) is 0. The number of halogens is 2. The Labute approximate surface area is 313 Å². The van der Waals surface area contributed by atoms with E-state index in [0.717, 1.165) is 63.8 Å². The maximum atomic E-state index is 6.80. The quantitative estimate of drug-likeness (QED) is 0.0592. The smallest absolute Gasteiger partial charge is 0.172 e.